The first kappa shape index (κ1) is 14.4. The minimum Gasteiger partial charge on any atom is -0.503 e. The van der Waals surface area contributed by atoms with Crippen molar-refractivity contribution in [2.45, 2.75) is 6.61 Å². The van der Waals surface area contributed by atoms with E-state index in [1.54, 1.807) is 11.6 Å². The van der Waals surface area contributed by atoms with Gasteiger partial charge in [0.05, 0.1) is 11.2 Å². The summed E-state index contributed by atoms with van der Waals surface area (Å²) in [4.78, 5) is 14.9. The van der Waals surface area contributed by atoms with Crippen molar-refractivity contribution in [2.75, 3.05) is 0 Å². The fourth-order valence-corrected chi connectivity index (χ4v) is 2.88. The molecule has 4 aromatic rings. The molecule has 0 fully saturated rings. The fourth-order valence-electron chi connectivity index (χ4n) is 2.88. The average Bonchev–Trinajstić information content (AvgIpc) is 2.94. The van der Waals surface area contributed by atoms with E-state index in [1.807, 2.05) is 36.4 Å². The second kappa shape index (κ2) is 5.45. The summed E-state index contributed by atoms with van der Waals surface area (Å²) in [6.45, 7) is 0.248. The number of nitrogens with one attached hydrogen (secondary N) is 1. The maximum Gasteiger partial charge on any atom is 0.223 e. The molecule has 0 spiro atoms. The quantitative estimate of drug-likeness (QED) is 0.608. The molecule has 0 saturated heterocycles. The third-order valence-electron chi connectivity index (χ3n) is 4.18. The number of pyridine rings is 1. The van der Waals surface area contributed by atoms with Gasteiger partial charge in [-0.1, -0.05) is 18.2 Å². The first-order chi connectivity index (χ1) is 11.6. The molecule has 0 aliphatic rings. The van der Waals surface area contributed by atoms with Gasteiger partial charge in [0.1, 0.15) is 12.4 Å². The Morgan fingerprint density at radius 2 is 1.88 bits per heavy atom. The molecule has 0 aliphatic carbocycles. The molecule has 0 amide bonds. The normalized spacial score (nSPS) is 11.2. The monoisotopic (exact) mass is 320 g/mol. The molecule has 4 rings (SSSR count). The van der Waals surface area contributed by atoms with Gasteiger partial charge in [-0.05, 0) is 18.2 Å². The number of benzene rings is 2. The van der Waals surface area contributed by atoms with E-state index in [1.165, 1.54) is 17.6 Å². The van der Waals surface area contributed by atoms with Gasteiger partial charge < -0.3 is 19.4 Å². The van der Waals surface area contributed by atoms with Crippen molar-refractivity contribution in [1.29, 1.82) is 0 Å². The zero-order valence-electron chi connectivity index (χ0n) is 13.1. The van der Waals surface area contributed by atoms with Crippen LogP contribution < -0.4 is 10.2 Å². The zero-order valence-corrected chi connectivity index (χ0v) is 13.1. The summed E-state index contributed by atoms with van der Waals surface area (Å²) in [5.41, 5.74) is 2.38. The molecule has 5 heteroatoms. The molecule has 5 nitrogen and oxygen atoms in total. The number of ether oxygens (including phenoxy) is 1. The predicted molar refractivity (Wildman–Crippen MR) is 93.5 cm³/mol. The highest BCUT2D eigenvalue weighted by molar-refractivity contribution is 6.07. The van der Waals surface area contributed by atoms with Crippen molar-refractivity contribution >= 4 is 21.8 Å². The summed E-state index contributed by atoms with van der Waals surface area (Å²) in [6, 6.07) is 15.4. The Kier molecular flexibility index (Phi) is 3.27. The Bertz CT molecular complexity index is 1110. The number of H-pyrrole nitrogens is 1. The molecule has 2 N–H and O–H groups in total. The lowest BCUT2D eigenvalue weighted by molar-refractivity contribution is 0.295. The topological polar surface area (TPSA) is 67.2 Å². The highest BCUT2D eigenvalue weighted by atomic mass is 16.5. The number of nitrogens with zero attached hydrogens (tertiary/aromatic N) is 1. The molecule has 0 unspecified atom stereocenters. The minimum atomic E-state index is -0.405. The van der Waals surface area contributed by atoms with Gasteiger partial charge in [0.25, 0.3) is 0 Å². The van der Waals surface area contributed by atoms with Gasteiger partial charge in [0, 0.05) is 41.7 Å². The molecule has 24 heavy (non-hydrogen) atoms. The lowest BCUT2D eigenvalue weighted by Gasteiger charge is -2.10. The fraction of sp³-hybridized carbons (Fsp3) is 0.105. The summed E-state index contributed by atoms with van der Waals surface area (Å²) >= 11 is 0. The number of aryl methyl sites for hydroxylation is 1. The largest absolute Gasteiger partial charge is 0.503 e. The molecule has 120 valence electrons. The smallest absolute Gasteiger partial charge is 0.223 e. The second-order valence-electron chi connectivity index (χ2n) is 5.79. The van der Waals surface area contributed by atoms with Crippen LogP contribution in [0.25, 0.3) is 21.8 Å². The van der Waals surface area contributed by atoms with Gasteiger partial charge >= 0.3 is 0 Å². The van der Waals surface area contributed by atoms with Gasteiger partial charge in [0.2, 0.25) is 5.43 Å². The van der Waals surface area contributed by atoms with Crippen LogP contribution >= 0.6 is 0 Å². The highest BCUT2D eigenvalue weighted by Crippen LogP contribution is 2.28. The average molecular weight is 320 g/mol. The molecule has 0 radical (unpaired) electrons. The van der Waals surface area contributed by atoms with Crippen LogP contribution in [0, 0.1) is 0 Å². The molecule has 0 saturated carbocycles. The Balaban J connectivity index is 1.64. The van der Waals surface area contributed by atoms with Crippen LogP contribution in [0.2, 0.25) is 0 Å². The summed E-state index contributed by atoms with van der Waals surface area (Å²) in [7, 11) is 1.76. The number of aromatic amines is 1. The summed E-state index contributed by atoms with van der Waals surface area (Å²) in [5.74, 6) is 0.454. The van der Waals surface area contributed by atoms with E-state index in [2.05, 4.69) is 11.1 Å². The molecule has 2 aromatic heterocycles. The van der Waals surface area contributed by atoms with Crippen LogP contribution in [0.15, 0.2) is 59.5 Å². The van der Waals surface area contributed by atoms with Crippen LogP contribution in [0.1, 0.15) is 5.69 Å². The Hall–Kier alpha value is -3.21. The first-order valence-corrected chi connectivity index (χ1v) is 7.63. The maximum atomic E-state index is 11.6. The Morgan fingerprint density at radius 3 is 2.75 bits per heavy atom. The molecule has 0 bridgehead atoms. The molecule has 2 aromatic carbocycles. The number of rotatable bonds is 3. The van der Waals surface area contributed by atoms with E-state index in [4.69, 9.17) is 4.74 Å². The summed E-state index contributed by atoms with van der Waals surface area (Å²) in [5, 5.41) is 11.7. The molecular weight excluding hydrogens is 304 g/mol. The second-order valence-corrected chi connectivity index (χ2v) is 5.79. The van der Waals surface area contributed by atoms with Crippen LogP contribution in [-0.4, -0.2) is 14.7 Å². The Labute approximate surface area is 137 Å². The number of aromatic hydroxyl groups is 1. The zero-order chi connectivity index (χ0) is 16.7. The van der Waals surface area contributed by atoms with Crippen LogP contribution in [-0.2, 0) is 13.7 Å². The predicted octanol–water partition coefficient (Wildman–Crippen LogP) is 3.30. The molecule has 0 aliphatic heterocycles. The van der Waals surface area contributed by atoms with Crippen molar-refractivity contribution in [3.8, 4) is 11.5 Å². The van der Waals surface area contributed by atoms with E-state index >= 15 is 0 Å². The van der Waals surface area contributed by atoms with Crippen molar-refractivity contribution in [3.05, 3.63) is 70.6 Å². The maximum absolute atomic E-state index is 11.6. The van der Waals surface area contributed by atoms with E-state index < -0.39 is 5.43 Å². The van der Waals surface area contributed by atoms with Crippen LogP contribution in [0.4, 0.5) is 0 Å². The van der Waals surface area contributed by atoms with E-state index in [0.29, 0.717) is 5.69 Å². The highest BCUT2D eigenvalue weighted by Gasteiger charge is 2.07. The van der Waals surface area contributed by atoms with Gasteiger partial charge in [0.15, 0.2) is 5.75 Å². The lowest BCUT2D eigenvalue weighted by atomic mass is 10.1. The van der Waals surface area contributed by atoms with E-state index in [-0.39, 0.29) is 12.4 Å². The third-order valence-corrected chi connectivity index (χ3v) is 4.18. The van der Waals surface area contributed by atoms with Gasteiger partial charge in [-0.2, -0.15) is 0 Å². The molecule has 0 atom stereocenters. The van der Waals surface area contributed by atoms with E-state index in [0.717, 1.165) is 22.2 Å². The van der Waals surface area contributed by atoms with Crippen molar-refractivity contribution in [3.63, 3.8) is 0 Å². The number of para-hydroxylation sites is 1. The number of hydrogen-bond acceptors (Lipinski definition) is 3. The Morgan fingerprint density at radius 1 is 1.08 bits per heavy atom. The van der Waals surface area contributed by atoms with Crippen molar-refractivity contribution < 1.29 is 9.84 Å². The SMILES string of the molecule is Cn1cc(O)c(=O)cc1COc1ccc2c(c1)[nH]c1ccccc12. The summed E-state index contributed by atoms with van der Waals surface area (Å²) in [6.07, 6.45) is 1.39. The third kappa shape index (κ3) is 2.40. The van der Waals surface area contributed by atoms with Gasteiger partial charge in [-0.25, -0.2) is 0 Å². The summed E-state index contributed by atoms with van der Waals surface area (Å²) < 4.78 is 7.49. The molecular formula is C19H16N2O3. The van der Waals surface area contributed by atoms with Gasteiger partial charge in [-0.15, -0.1) is 0 Å². The van der Waals surface area contributed by atoms with Crippen LogP contribution in [0.5, 0.6) is 11.5 Å². The first-order valence-electron chi connectivity index (χ1n) is 7.63. The number of hydrogen-bond donors (Lipinski definition) is 2. The standard InChI is InChI=1S/C19H16N2O3/c1-21-10-19(23)18(22)8-12(21)11-24-13-6-7-15-14-4-2-3-5-16(14)20-17(15)9-13/h2-10,20,23H,11H2,1H3. The number of fused-ring (bicyclic) bond motifs is 3. The van der Waals surface area contributed by atoms with Crippen molar-refractivity contribution in [1.82, 2.24) is 9.55 Å². The van der Waals surface area contributed by atoms with Crippen LogP contribution in [0.3, 0.4) is 0 Å². The number of aromatic nitrogens is 2. The lowest BCUT2D eigenvalue weighted by Crippen LogP contribution is -2.11. The molecule has 2 heterocycles. The van der Waals surface area contributed by atoms with E-state index in [9.17, 15) is 9.90 Å². The minimum absolute atomic E-state index is 0.248. The van der Waals surface area contributed by atoms with Crippen molar-refractivity contribution in [2.24, 2.45) is 7.05 Å². The van der Waals surface area contributed by atoms with Gasteiger partial charge in [-0.3, -0.25) is 4.79 Å².